The quantitative estimate of drug-likeness (QED) is 0.644. The fourth-order valence-corrected chi connectivity index (χ4v) is 5.52. The maximum Gasteiger partial charge on any atom is 0.237 e. The van der Waals surface area contributed by atoms with Crippen molar-refractivity contribution in [3.63, 3.8) is 0 Å². The summed E-state index contributed by atoms with van der Waals surface area (Å²) in [5, 5.41) is 11.6. The number of thioether (sulfide) groups is 1. The summed E-state index contributed by atoms with van der Waals surface area (Å²) in [6.45, 7) is 7.73. The molecule has 0 spiro atoms. The van der Waals surface area contributed by atoms with E-state index in [0.717, 1.165) is 19.4 Å². The summed E-state index contributed by atoms with van der Waals surface area (Å²) >= 11 is 1.58. The van der Waals surface area contributed by atoms with Crippen LogP contribution in [0.4, 0.5) is 0 Å². The lowest BCUT2D eigenvalue weighted by atomic mass is 9.92. The molecular weight excluding hydrogens is 384 g/mol. The van der Waals surface area contributed by atoms with Gasteiger partial charge in [0.25, 0.3) is 0 Å². The normalized spacial score (nSPS) is 29.6. The third-order valence-corrected chi connectivity index (χ3v) is 7.09. The zero-order chi connectivity index (χ0) is 20.4. The average Bonchev–Trinajstić information content (AvgIpc) is 3.17. The zero-order valence-electron chi connectivity index (χ0n) is 16.7. The molecular formula is C22H28N4O2S. The summed E-state index contributed by atoms with van der Waals surface area (Å²) in [6.07, 6.45) is 3.24. The minimum Gasteiger partial charge on any atom is -0.352 e. The molecule has 0 saturated carbocycles. The van der Waals surface area contributed by atoms with Crippen LogP contribution in [0, 0.1) is 12.8 Å². The standard InChI is InChI=1S/C22H28N4O2S/c1-3-10-23-20(27)15-8-6-11-26(12-15)22-24-18-17(13-29-19(18)21(28)25-22)16-9-5-4-7-14(16)2/h3-5,7,9,13,15,18-19,22,24H,1,6,8,10-12H2,2H3,(H,23,27)(H,25,28). The van der Waals surface area contributed by atoms with Gasteiger partial charge >= 0.3 is 0 Å². The van der Waals surface area contributed by atoms with Crippen LogP contribution in [-0.4, -0.2) is 53.9 Å². The SMILES string of the molecule is C=CCNC(=O)C1CCCN(C2NC(=O)C3SC=C(c4ccccc4C)C3N2)C1. The van der Waals surface area contributed by atoms with Gasteiger partial charge in [-0.15, -0.1) is 18.3 Å². The molecule has 3 aliphatic heterocycles. The maximum absolute atomic E-state index is 12.8. The van der Waals surface area contributed by atoms with Crippen LogP contribution in [0.25, 0.3) is 5.57 Å². The van der Waals surface area contributed by atoms with Gasteiger partial charge in [-0.3, -0.25) is 19.8 Å². The van der Waals surface area contributed by atoms with Gasteiger partial charge in [0.2, 0.25) is 11.8 Å². The molecule has 4 rings (SSSR count). The molecule has 2 amide bonds. The van der Waals surface area contributed by atoms with Crippen molar-refractivity contribution < 1.29 is 9.59 Å². The van der Waals surface area contributed by atoms with Crippen molar-refractivity contribution in [3.8, 4) is 0 Å². The van der Waals surface area contributed by atoms with E-state index >= 15 is 0 Å². The second-order valence-electron chi connectivity index (χ2n) is 7.87. The molecule has 1 aromatic rings. The van der Waals surface area contributed by atoms with Gasteiger partial charge in [-0.05, 0) is 41.9 Å². The van der Waals surface area contributed by atoms with E-state index in [1.807, 2.05) is 12.1 Å². The van der Waals surface area contributed by atoms with Crippen molar-refractivity contribution in [1.29, 1.82) is 0 Å². The molecule has 1 aromatic carbocycles. The Kier molecular flexibility index (Phi) is 6.08. The summed E-state index contributed by atoms with van der Waals surface area (Å²) in [7, 11) is 0. The lowest BCUT2D eigenvalue weighted by Gasteiger charge is -2.43. The number of hydrogen-bond acceptors (Lipinski definition) is 5. The first-order valence-corrected chi connectivity index (χ1v) is 11.1. The number of fused-ring (bicyclic) bond motifs is 1. The summed E-state index contributed by atoms with van der Waals surface area (Å²) in [5.41, 5.74) is 3.57. The van der Waals surface area contributed by atoms with Crippen LogP contribution >= 0.6 is 11.8 Å². The summed E-state index contributed by atoms with van der Waals surface area (Å²) < 4.78 is 0. The second-order valence-corrected chi connectivity index (χ2v) is 8.88. The average molecular weight is 413 g/mol. The van der Waals surface area contributed by atoms with Gasteiger partial charge in [0.1, 0.15) is 11.5 Å². The molecule has 3 N–H and O–H groups in total. The molecule has 3 heterocycles. The Morgan fingerprint density at radius 2 is 2.24 bits per heavy atom. The van der Waals surface area contributed by atoms with Crippen LogP contribution in [0.1, 0.15) is 24.0 Å². The molecule has 0 aromatic heterocycles. The van der Waals surface area contributed by atoms with Gasteiger partial charge in [0, 0.05) is 19.6 Å². The Morgan fingerprint density at radius 1 is 1.41 bits per heavy atom. The summed E-state index contributed by atoms with van der Waals surface area (Å²) in [4.78, 5) is 27.4. The van der Waals surface area contributed by atoms with Crippen molar-refractivity contribution in [1.82, 2.24) is 20.9 Å². The van der Waals surface area contributed by atoms with Crippen molar-refractivity contribution in [2.75, 3.05) is 19.6 Å². The van der Waals surface area contributed by atoms with Crippen LogP contribution in [-0.2, 0) is 9.59 Å². The zero-order valence-corrected chi connectivity index (χ0v) is 17.5. The van der Waals surface area contributed by atoms with E-state index in [4.69, 9.17) is 0 Å². The lowest BCUT2D eigenvalue weighted by molar-refractivity contribution is -0.128. The highest BCUT2D eigenvalue weighted by Crippen LogP contribution is 2.39. The molecule has 7 heteroatoms. The van der Waals surface area contributed by atoms with Crippen LogP contribution < -0.4 is 16.0 Å². The minimum absolute atomic E-state index is 0.0326. The number of carbonyl (C=O) groups excluding carboxylic acids is 2. The number of nitrogens with zero attached hydrogens (tertiary/aromatic N) is 1. The first-order valence-electron chi connectivity index (χ1n) is 10.2. The number of benzene rings is 1. The van der Waals surface area contributed by atoms with Crippen LogP contribution in [0.2, 0.25) is 0 Å². The number of nitrogens with one attached hydrogen (secondary N) is 3. The molecule has 154 valence electrons. The Balaban J connectivity index is 1.48. The highest BCUT2D eigenvalue weighted by Gasteiger charge is 2.44. The van der Waals surface area contributed by atoms with E-state index < -0.39 is 0 Å². The van der Waals surface area contributed by atoms with E-state index in [1.165, 1.54) is 16.7 Å². The molecule has 0 aliphatic carbocycles. The molecule has 4 atom stereocenters. The van der Waals surface area contributed by atoms with Crippen LogP contribution in [0.15, 0.2) is 42.3 Å². The van der Waals surface area contributed by atoms with E-state index in [2.05, 4.69) is 51.9 Å². The molecule has 29 heavy (non-hydrogen) atoms. The molecule has 0 radical (unpaired) electrons. The Bertz CT molecular complexity index is 840. The summed E-state index contributed by atoms with van der Waals surface area (Å²) in [5.74, 6) is 0.0535. The Hall–Kier alpha value is -2.09. The molecule has 0 bridgehead atoms. The Morgan fingerprint density at radius 3 is 3.03 bits per heavy atom. The molecule has 4 unspecified atom stereocenters. The van der Waals surface area contributed by atoms with E-state index in [0.29, 0.717) is 13.1 Å². The number of rotatable bonds is 5. The van der Waals surface area contributed by atoms with Gasteiger partial charge in [-0.2, -0.15) is 0 Å². The van der Waals surface area contributed by atoms with E-state index in [-0.39, 0.29) is 35.3 Å². The predicted octanol–water partition coefficient (Wildman–Crippen LogP) is 1.84. The van der Waals surface area contributed by atoms with E-state index in [1.54, 1.807) is 17.8 Å². The fourth-order valence-electron chi connectivity index (χ4n) is 4.38. The van der Waals surface area contributed by atoms with Gasteiger partial charge in [-0.1, -0.05) is 30.3 Å². The number of likely N-dealkylation sites (tertiary alicyclic amines) is 1. The minimum atomic E-state index is -0.259. The monoisotopic (exact) mass is 412 g/mol. The van der Waals surface area contributed by atoms with Crippen LogP contribution in [0.5, 0.6) is 0 Å². The van der Waals surface area contributed by atoms with Crippen molar-refractivity contribution in [2.24, 2.45) is 5.92 Å². The van der Waals surface area contributed by atoms with Crippen molar-refractivity contribution in [3.05, 3.63) is 53.5 Å². The van der Waals surface area contributed by atoms with Crippen molar-refractivity contribution in [2.45, 2.75) is 37.3 Å². The molecule has 6 nitrogen and oxygen atoms in total. The number of amides is 2. The summed E-state index contributed by atoms with van der Waals surface area (Å²) in [6, 6.07) is 8.27. The van der Waals surface area contributed by atoms with Crippen molar-refractivity contribution >= 4 is 29.1 Å². The Labute approximate surface area is 176 Å². The second kappa shape index (κ2) is 8.73. The number of hydrogen-bond donors (Lipinski definition) is 3. The number of aryl methyl sites for hydroxylation is 1. The number of piperidine rings is 1. The first-order chi connectivity index (χ1) is 14.1. The van der Waals surface area contributed by atoms with Gasteiger partial charge in [-0.25, -0.2) is 0 Å². The first kappa shape index (κ1) is 20.2. The van der Waals surface area contributed by atoms with Gasteiger partial charge < -0.3 is 10.6 Å². The highest BCUT2D eigenvalue weighted by molar-refractivity contribution is 8.04. The third kappa shape index (κ3) is 4.13. The van der Waals surface area contributed by atoms with Gasteiger partial charge in [0.15, 0.2) is 0 Å². The smallest absolute Gasteiger partial charge is 0.237 e. The lowest BCUT2D eigenvalue weighted by Crippen LogP contribution is -2.69. The van der Waals surface area contributed by atoms with Gasteiger partial charge in [0.05, 0.1) is 12.0 Å². The molecule has 2 fully saturated rings. The topological polar surface area (TPSA) is 73.5 Å². The van der Waals surface area contributed by atoms with E-state index in [9.17, 15) is 9.59 Å². The molecule has 3 aliphatic rings. The predicted molar refractivity (Wildman–Crippen MR) is 117 cm³/mol. The third-order valence-electron chi connectivity index (χ3n) is 5.92. The largest absolute Gasteiger partial charge is 0.352 e. The number of carbonyl (C=O) groups is 2. The highest BCUT2D eigenvalue weighted by atomic mass is 32.2. The van der Waals surface area contributed by atoms with Crippen LogP contribution in [0.3, 0.4) is 0 Å². The maximum atomic E-state index is 12.8. The molecule has 2 saturated heterocycles. The fraction of sp³-hybridized carbons (Fsp3) is 0.455.